The molecule has 1 fully saturated rings. The molecule has 1 aromatic heterocycles. The van der Waals surface area contributed by atoms with E-state index in [1.54, 1.807) is 6.26 Å². The van der Waals surface area contributed by atoms with Gasteiger partial charge in [0.1, 0.15) is 17.8 Å². The monoisotopic (exact) mass is 406 g/mol. The summed E-state index contributed by atoms with van der Waals surface area (Å²) in [5.74, 6) is 2.14. The Bertz CT molecular complexity index is 905. The number of amides is 1. The fourth-order valence-corrected chi connectivity index (χ4v) is 4.24. The molecule has 1 saturated heterocycles. The molecule has 2 aliphatic heterocycles. The highest BCUT2D eigenvalue weighted by Gasteiger charge is 2.25. The van der Waals surface area contributed by atoms with Gasteiger partial charge in [0.2, 0.25) is 0 Å². The Labute approximate surface area is 178 Å². The Balaban J connectivity index is 1.24. The first-order valence-electron chi connectivity index (χ1n) is 10.9. The van der Waals surface area contributed by atoms with E-state index >= 15 is 0 Å². The van der Waals surface area contributed by atoms with E-state index < -0.39 is 0 Å². The summed E-state index contributed by atoms with van der Waals surface area (Å²) in [6.07, 6.45) is 9.64. The molecule has 0 saturated carbocycles. The van der Waals surface area contributed by atoms with Gasteiger partial charge >= 0.3 is 0 Å². The molecule has 1 aromatic carbocycles. The summed E-state index contributed by atoms with van der Waals surface area (Å²) in [5.41, 5.74) is 2.58. The van der Waals surface area contributed by atoms with Crippen molar-refractivity contribution in [2.45, 2.75) is 45.4 Å². The number of carbonyl (C=O) groups excluding carboxylic acids is 1. The molecular formula is C24H30N4O2. The number of fused-ring (bicyclic) bond motifs is 1. The summed E-state index contributed by atoms with van der Waals surface area (Å²) in [6, 6.07) is 7.62. The van der Waals surface area contributed by atoms with Crippen molar-refractivity contribution in [2.24, 2.45) is 0 Å². The van der Waals surface area contributed by atoms with Crippen LogP contribution in [0, 0.1) is 6.92 Å². The first-order valence-corrected chi connectivity index (χ1v) is 10.9. The number of allylic oxidation sites excluding steroid dienone is 1. The minimum Gasteiger partial charge on any atom is -0.462 e. The molecule has 6 nitrogen and oxygen atoms in total. The number of carbonyl (C=O) groups is 1. The van der Waals surface area contributed by atoms with Gasteiger partial charge in [-0.1, -0.05) is 6.07 Å². The van der Waals surface area contributed by atoms with Crippen LogP contribution in [0.1, 0.15) is 60.3 Å². The van der Waals surface area contributed by atoms with Gasteiger partial charge in [0, 0.05) is 24.9 Å². The van der Waals surface area contributed by atoms with Crippen LogP contribution < -0.4 is 4.74 Å². The molecule has 6 heteroatoms. The van der Waals surface area contributed by atoms with Gasteiger partial charge in [-0.05, 0) is 82.9 Å². The van der Waals surface area contributed by atoms with Gasteiger partial charge in [0.15, 0.2) is 0 Å². The maximum atomic E-state index is 13.0. The largest absolute Gasteiger partial charge is 0.462 e. The molecule has 4 rings (SSSR count). The van der Waals surface area contributed by atoms with Crippen LogP contribution in [-0.4, -0.2) is 51.9 Å². The average molecular weight is 407 g/mol. The van der Waals surface area contributed by atoms with E-state index in [9.17, 15) is 4.79 Å². The number of ether oxygens (including phenoxy) is 1. The standard InChI is InChI=1S/C24H30N4O2/c1-18-6-7-21-22(16-18)30-17-19(2)28(24(21)29)13-4-3-12-27-14-8-20(9-15-27)23-25-10-5-11-26-23/h5-7,10-11,16-17,20H,3-4,8-9,12-15H2,1-2H3. The summed E-state index contributed by atoms with van der Waals surface area (Å²) in [5, 5.41) is 0. The molecule has 2 aromatic rings. The molecule has 0 bridgehead atoms. The van der Waals surface area contributed by atoms with Gasteiger partial charge in [-0.15, -0.1) is 0 Å². The molecule has 0 radical (unpaired) electrons. The molecular weight excluding hydrogens is 376 g/mol. The van der Waals surface area contributed by atoms with Crippen molar-refractivity contribution in [1.82, 2.24) is 19.8 Å². The van der Waals surface area contributed by atoms with E-state index in [4.69, 9.17) is 4.74 Å². The van der Waals surface area contributed by atoms with E-state index in [2.05, 4.69) is 14.9 Å². The second-order valence-corrected chi connectivity index (χ2v) is 8.26. The Morgan fingerprint density at radius 3 is 2.57 bits per heavy atom. The smallest absolute Gasteiger partial charge is 0.261 e. The minimum atomic E-state index is 0.0277. The zero-order valence-electron chi connectivity index (χ0n) is 17.9. The Morgan fingerprint density at radius 2 is 1.80 bits per heavy atom. The van der Waals surface area contributed by atoms with Gasteiger partial charge in [0.05, 0.1) is 11.3 Å². The van der Waals surface area contributed by atoms with Crippen LogP contribution >= 0.6 is 0 Å². The van der Waals surface area contributed by atoms with Crippen molar-refractivity contribution < 1.29 is 9.53 Å². The number of likely N-dealkylation sites (tertiary alicyclic amines) is 1. The highest BCUT2D eigenvalue weighted by atomic mass is 16.5. The van der Waals surface area contributed by atoms with Crippen molar-refractivity contribution in [3.05, 3.63) is 65.6 Å². The zero-order chi connectivity index (χ0) is 20.9. The lowest BCUT2D eigenvalue weighted by Crippen LogP contribution is -2.35. The third kappa shape index (κ3) is 4.70. The predicted molar refractivity (Wildman–Crippen MR) is 116 cm³/mol. The van der Waals surface area contributed by atoms with Crippen LogP contribution in [0.2, 0.25) is 0 Å². The van der Waals surface area contributed by atoms with Gasteiger partial charge in [0.25, 0.3) is 5.91 Å². The third-order valence-electron chi connectivity index (χ3n) is 6.04. The topological polar surface area (TPSA) is 58.6 Å². The number of rotatable bonds is 6. The molecule has 0 atom stereocenters. The van der Waals surface area contributed by atoms with E-state index in [1.165, 1.54) is 0 Å². The SMILES string of the molecule is CC1=COc2cc(C)ccc2C(=O)N1CCCCN1CCC(c2ncccn2)CC1. The molecule has 158 valence electrons. The molecule has 0 N–H and O–H groups in total. The average Bonchev–Trinajstić information content (AvgIpc) is 2.89. The van der Waals surface area contributed by atoms with E-state index in [-0.39, 0.29) is 5.91 Å². The number of benzene rings is 1. The van der Waals surface area contributed by atoms with Gasteiger partial charge in [-0.3, -0.25) is 4.79 Å². The first kappa shape index (κ1) is 20.5. The molecule has 30 heavy (non-hydrogen) atoms. The van der Waals surface area contributed by atoms with Crippen molar-refractivity contribution in [2.75, 3.05) is 26.2 Å². The maximum absolute atomic E-state index is 13.0. The predicted octanol–water partition coefficient (Wildman–Crippen LogP) is 4.14. The molecule has 3 heterocycles. The lowest BCUT2D eigenvalue weighted by atomic mass is 9.96. The van der Waals surface area contributed by atoms with Crippen LogP contribution in [0.5, 0.6) is 5.75 Å². The lowest BCUT2D eigenvalue weighted by molar-refractivity contribution is 0.0804. The van der Waals surface area contributed by atoms with E-state index in [1.807, 2.05) is 55.4 Å². The Morgan fingerprint density at radius 1 is 1.07 bits per heavy atom. The van der Waals surface area contributed by atoms with Crippen molar-refractivity contribution in [1.29, 1.82) is 0 Å². The highest BCUT2D eigenvalue weighted by molar-refractivity contribution is 5.98. The Kier molecular flexibility index (Phi) is 6.43. The van der Waals surface area contributed by atoms with Crippen LogP contribution in [-0.2, 0) is 0 Å². The van der Waals surface area contributed by atoms with Gasteiger partial charge in [-0.25, -0.2) is 9.97 Å². The van der Waals surface area contributed by atoms with E-state index in [0.717, 1.165) is 62.4 Å². The van der Waals surface area contributed by atoms with Crippen LogP contribution in [0.15, 0.2) is 48.6 Å². The highest BCUT2D eigenvalue weighted by Crippen LogP contribution is 2.28. The second kappa shape index (κ2) is 9.39. The summed E-state index contributed by atoms with van der Waals surface area (Å²) in [7, 11) is 0. The van der Waals surface area contributed by atoms with Crippen LogP contribution in [0.25, 0.3) is 0 Å². The number of hydrogen-bond acceptors (Lipinski definition) is 5. The van der Waals surface area contributed by atoms with E-state index in [0.29, 0.717) is 23.8 Å². The van der Waals surface area contributed by atoms with Crippen molar-refractivity contribution in [3.63, 3.8) is 0 Å². The van der Waals surface area contributed by atoms with Crippen molar-refractivity contribution in [3.8, 4) is 5.75 Å². The Hall–Kier alpha value is -2.73. The van der Waals surface area contributed by atoms with Crippen LogP contribution in [0.4, 0.5) is 0 Å². The summed E-state index contributed by atoms with van der Waals surface area (Å²) in [6.45, 7) is 7.90. The maximum Gasteiger partial charge on any atom is 0.261 e. The first-order chi connectivity index (χ1) is 14.6. The number of aromatic nitrogens is 2. The number of unbranched alkanes of at least 4 members (excludes halogenated alkanes) is 1. The van der Waals surface area contributed by atoms with Crippen LogP contribution in [0.3, 0.4) is 0 Å². The minimum absolute atomic E-state index is 0.0277. The number of hydrogen-bond donors (Lipinski definition) is 0. The van der Waals surface area contributed by atoms with Crippen molar-refractivity contribution >= 4 is 5.91 Å². The molecule has 0 spiro atoms. The number of piperidine rings is 1. The molecule has 2 aliphatic rings. The quantitative estimate of drug-likeness (QED) is 0.675. The molecule has 1 amide bonds. The fourth-order valence-electron chi connectivity index (χ4n) is 4.24. The summed E-state index contributed by atoms with van der Waals surface area (Å²) < 4.78 is 5.75. The summed E-state index contributed by atoms with van der Waals surface area (Å²) >= 11 is 0. The fraction of sp³-hybridized carbons (Fsp3) is 0.458. The summed E-state index contributed by atoms with van der Waals surface area (Å²) in [4.78, 5) is 26.2. The normalized spacial score (nSPS) is 17.9. The zero-order valence-corrected chi connectivity index (χ0v) is 17.9. The lowest BCUT2D eigenvalue weighted by Gasteiger charge is -2.31. The third-order valence-corrected chi connectivity index (χ3v) is 6.04. The second-order valence-electron chi connectivity index (χ2n) is 8.26. The number of nitrogens with zero attached hydrogens (tertiary/aromatic N) is 4. The molecule has 0 aliphatic carbocycles. The molecule has 0 unspecified atom stereocenters. The number of aryl methyl sites for hydroxylation is 1. The van der Waals surface area contributed by atoms with Gasteiger partial charge in [-0.2, -0.15) is 0 Å². The van der Waals surface area contributed by atoms with Gasteiger partial charge < -0.3 is 14.5 Å².